The van der Waals surface area contributed by atoms with Gasteiger partial charge in [0.25, 0.3) is 0 Å². The minimum atomic E-state index is -0.238. The quantitative estimate of drug-likeness (QED) is 0.784. The standard InChI is InChI=1S/C15H19N3O3/c1-11(8-16-9-14-17-12(2)18-21-14)15(19)20-10-13-6-4-3-5-7-13/h3-7,11,16H,8-10H2,1-2H3. The number of hydrogen-bond donors (Lipinski definition) is 1. The van der Waals surface area contributed by atoms with E-state index in [-0.39, 0.29) is 11.9 Å². The molecule has 6 nitrogen and oxygen atoms in total. The van der Waals surface area contributed by atoms with E-state index in [1.165, 1.54) is 0 Å². The van der Waals surface area contributed by atoms with Gasteiger partial charge in [-0.05, 0) is 12.5 Å². The molecule has 0 aliphatic carbocycles. The van der Waals surface area contributed by atoms with Crippen molar-refractivity contribution < 1.29 is 14.1 Å². The molecule has 1 heterocycles. The summed E-state index contributed by atoms with van der Waals surface area (Å²) in [6.45, 7) is 4.81. The molecule has 0 spiro atoms. The molecule has 0 amide bonds. The van der Waals surface area contributed by atoms with E-state index in [2.05, 4.69) is 15.5 Å². The summed E-state index contributed by atoms with van der Waals surface area (Å²) in [6.07, 6.45) is 0. The zero-order valence-electron chi connectivity index (χ0n) is 12.2. The number of aryl methyl sites for hydroxylation is 1. The molecular weight excluding hydrogens is 270 g/mol. The maximum Gasteiger partial charge on any atom is 0.310 e. The van der Waals surface area contributed by atoms with E-state index >= 15 is 0 Å². The first-order valence-electron chi connectivity index (χ1n) is 6.85. The number of carbonyl (C=O) groups is 1. The third-order valence-electron chi connectivity index (χ3n) is 2.92. The zero-order chi connectivity index (χ0) is 15.1. The van der Waals surface area contributed by atoms with Crippen LogP contribution in [-0.4, -0.2) is 22.7 Å². The molecule has 1 aromatic carbocycles. The Balaban J connectivity index is 1.67. The molecule has 112 valence electrons. The number of esters is 1. The second-order valence-electron chi connectivity index (χ2n) is 4.86. The van der Waals surface area contributed by atoms with Crippen LogP contribution < -0.4 is 5.32 Å². The number of hydrogen-bond acceptors (Lipinski definition) is 6. The van der Waals surface area contributed by atoms with Crippen LogP contribution in [0.4, 0.5) is 0 Å². The van der Waals surface area contributed by atoms with Gasteiger partial charge in [0.05, 0.1) is 12.5 Å². The van der Waals surface area contributed by atoms with Gasteiger partial charge < -0.3 is 14.6 Å². The maximum absolute atomic E-state index is 11.8. The molecular formula is C15H19N3O3. The summed E-state index contributed by atoms with van der Waals surface area (Å²) in [6, 6.07) is 9.61. The lowest BCUT2D eigenvalue weighted by atomic mass is 10.2. The molecule has 0 saturated carbocycles. The number of carbonyl (C=O) groups excluding carboxylic acids is 1. The molecule has 1 N–H and O–H groups in total. The molecule has 6 heteroatoms. The molecule has 0 aliphatic rings. The highest BCUT2D eigenvalue weighted by Gasteiger charge is 2.14. The van der Waals surface area contributed by atoms with Crippen molar-refractivity contribution in [1.29, 1.82) is 0 Å². The fourth-order valence-corrected chi connectivity index (χ4v) is 1.76. The Bertz CT molecular complexity index is 569. The lowest BCUT2D eigenvalue weighted by Crippen LogP contribution is -2.27. The van der Waals surface area contributed by atoms with Gasteiger partial charge in [0.2, 0.25) is 5.89 Å². The Kier molecular flexibility index (Phi) is 5.45. The largest absolute Gasteiger partial charge is 0.461 e. The average molecular weight is 289 g/mol. The van der Waals surface area contributed by atoms with Gasteiger partial charge in [-0.25, -0.2) is 0 Å². The summed E-state index contributed by atoms with van der Waals surface area (Å²) in [4.78, 5) is 15.9. The van der Waals surface area contributed by atoms with Gasteiger partial charge in [0.1, 0.15) is 6.61 Å². The van der Waals surface area contributed by atoms with Crippen molar-refractivity contribution in [2.24, 2.45) is 5.92 Å². The fraction of sp³-hybridized carbons (Fsp3) is 0.400. The van der Waals surface area contributed by atoms with Crippen LogP contribution in [0.25, 0.3) is 0 Å². The number of nitrogens with zero attached hydrogens (tertiary/aromatic N) is 2. The molecule has 0 fully saturated rings. The highest BCUT2D eigenvalue weighted by molar-refractivity contribution is 5.72. The van der Waals surface area contributed by atoms with Gasteiger partial charge >= 0.3 is 5.97 Å². The van der Waals surface area contributed by atoms with Gasteiger partial charge in [-0.1, -0.05) is 42.4 Å². The van der Waals surface area contributed by atoms with Crippen LogP contribution in [0.15, 0.2) is 34.9 Å². The highest BCUT2D eigenvalue weighted by atomic mass is 16.5. The number of nitrogens with one attached hydrogen (secondary N) is 1. The number of ether oxygens (including phenoxy) is 1. The summed E-state index contributed by atoms with van der Waals surface area (Å²) in [5.74, 6) is 0.644. The minimum absolute atomic E-state index is 0.229. The number of benzene rings is 1. The second-order valence-corrected chi connectivity index (χ2v) is 4.86. The molecule has 1 aromatic heterocycles. The van der Waals surface area contributed by atoms with E-state index < -0.39 is 0 Å². The predicted octanol–water partition coefficient (Wildman–Crippen LogP) is 1.85. The second kappa shape index (κ2) is 7.54. The Hall–Kier alpha value is -2.21. The molecule has 0 aliphatic heterocycles. The molecule has 2 rings (SSSR count). The fourth-order valence-electron chi connectivity index (χ4n) is 1.76. The highest BCUT2D eigenvalue weighted by Crippen LogP contribution is 2.04. The van der Waals surface area contributed by atoms with Crippen LogP contribution in [0, 0.1) is 12.8 Å². The lowest BCUT2D eigenvalue weighted by Gasteiger charge is -2.11. The summed E-state index contributed by atoms with van der Waals surface area (Å²) in [5.41, 5.74) is 0.979. The summed E-state index contributed by atoms with van der Waals surface area (Å²) < 4.78 is 10.2. The smallest absolute Gasteiger partial charge is 0.310 e. The monoisotopic (exact) mass is 289 g/mol. The van der Waals surface area contributed by atoms with Crippen molar-refractivity contribution in [1.82, 2.24) is 15.5 Å². The first-order chi connectivity index (χ1) is 10.1. The molecule has 1 atom stereocenters. The molecule has 21 heavy (non-hydrogen) atoms. The maximum atomic E-state index is 11.8. The Morgan fingerprint density at radius 1 is 1.38 bits per heavy atom. The SMILES string of the molecule is Cc1noc(CNCC(C)C(=O)OCc2ccccc2)n1. The first kappa shape index (κ1) is 15.2. The molecule has 1 unspecified atom stereocenters. The van der Waals surface area contributed by atoms with E-state index in [0.717, 1.165) is 5.56 Å². The van der Waals surface area contributed by atoms with E-state index in [1.807, 2.05) is 37.3 Å². The van der Waals surface area contributed by atoms with E-state index in [4.69, 9.17) is 9.26 Å². The van der Waals surface area contributed by atoms with Crippen LogP contribution in [0.1, 0.15) is 24.2 Å². The Labute approximate surface area is 123 Å². The van der Waals surface area contributed by atoms with Gasteiger partial charge in [0, 0.05) is 6.54 Å². The van der Waals surface area contributed by atoms with Gasteiger partial charge in [-0.2, -0.15) is 4.98 Å². The van der Waals surface area contributed by atoms with Gasteiger partial charge in [-0.15, -0.1) is 0 Å². The normalized spacial score (nSPS) is 12.1. The van der Waals surface area contributed by atoms with Crippen molar-refractivity contribution >= 4 is 5.97 Å². The van der Waals surface area contributed by atoms with E-state index in [0.29, 0.717) is 31.4 Å². The minimum Gasteiger partial charge on any atom is -0.461 e. The molecule has 0 bridgehead atoms. The van der Waals surface area contributed by atoms with Crippen molar-refractivity contribution in [3.63, 3.8) is 0 Å². The molecule has 2 aromatic rings. The summed E-state index contributed by atoms with van der Waals surface area (Å²) in [5, 5.41) is 6.79. The van der Waals surface area contributed by atoms with E-state index in [1.54, 1.807) is 6.92 Å². The summed E-state index contributed by atoms with van der Waals surface area (Å²) >= 11 is 0. The van der Waals surface area contributed by atoms with Crippen LogP contribution in [-0.2, 0) is 22.7 Å². The topological polar surface area (TPSA) is 77.2 Å². The van der Waals surface area contributed by atoms with Crippen molar-refractivity contribution in [3.05, 3.63) is 47.6 Å². The van der Waals surface area contributed by atoms with Gasteiger partial charge in [0.15, 0.2) is 5.82 Å². The third-order valence-corrected chi connectivity index (χ3v) is 2.92. The van der Waals surface area contributed by atoms with Crippen molar-refractivity contribution in [3.8, 4) is 0 Å². The zero-order valence-corrected chi connectivity index (χ0v) is 12.2. The average Bonchev–Trinajstić information content (AvgIpc) is 2.91. The summed E-state index contributed by atoms with van der Waals surface area (Å²) in [7, 11) is 0. The lowest BCUT2D eigenvalue weighted by molar-refractivity contribution is -0.149. The Morgan fingerprint density at radius 3 is 2.81 bits per heavy atom. The number of aromatic nitrogens is 2. The molecule has 0 saturated heterocycles. The first-order valence-corrected chi connectivity index (χ1v) is 6.85. The van der Waals surface area contributed by atoms with Crippen LogP contribution in [0.3, 0.4) is 0 Å². The van der Waals surface area contributed by atoms with Crippen LogP contribution in [0.2, 0.25) is 0 Å². The van der Waals surface area contributed by atoms with Crippen molar-refractivity contribution in [2.45, 2.75) is 27.0 Å². The number of rotatable bonds is 7. The van der Waals surface area contributed by atoms with Crippen LogP contribution >= 0.6 is 0 Å². The predicted molar refractivity (Wildman–Crippen MR) is 76.1 cm³/mol. The third kappa shape index (κ3) is 5.00. The van der Waals surface area contributed by atoms with Crippen LogP contribution in [0.5, 0.6) is 0 Å². The van der Waals surface area contributed by atoms with Gasteiger partial charge in [-0.3, -0.25) is 4.79 Å². The molecule has 0 radical (unpaired) electrons. The van der Waals surface area contributed by atoms with Crippen molar-refractivity contribution in [2.75, 3.05) is 6.54 Å². The van der Waals surface area contributed by atoms with E-state index in [9.17, 15) is 4.79 Å². The Morgan fingerprint density at radius 2 is 2.14 bits per heavy atom.